The summed E-state index contributed by atoms with van der Waals surface area (Å²) in [5, 5.41) is -2.04. The molecule has 0 amide bonds. The third-order valence-electron chi connectivity index (χ3n) is 7.09. The number of alkyl halides is 12. The molecule has 0 unspecified atom stereocenters. The Kier molecular flexibility index (Phi) is 14.8. The quantitative estimate of drug-likeness (QED) is 0.102. The Morgan fingerprint density at radius 2 is 0.922 bits per heavy atom. The first-order valence-corrected chi connectivity index (χ1v) is 16.5. The number of methoxy groups -OCH3 is 1. The zero-order valence-electron chi connectivity index (χ0n) is 26.1. The number of benzene rings is 3. The van der Waals surface area contributed by atoms with E-state index in [1.807, 2.05) is 32.1 Å². The summed E-state index contributed by atoms with van der Waals surface area (Å²) < 4.78 is 171. The number of ether oxygens (including phenoxy) is 1. The van der Waals surface area contributed by atoms with Crippen LogP contribution in [0.2, 0.25) is 0 Å². The van der Waals surface area contributed by atoms with Crippen molar-refractivity contribution < 1.29 is 74.5 Å². The zero-order valence-corrected chi connectivity index (χ0v) is 28.9. The minimum Gasteiger partial charge on any atom is -0.497 e. The van der Waals surface area contributed by atoms with Gasteiger partial charge in [0.2, 0.25) is 0 Å². The predicted molar refractivity (Wildman–Crippen MR) is 168 cm³/mol. The summed E-state index contributed by atoms with van der Waals surface area (Å²) in [7, 11) is -1.39. The van der Waals surface area contributed by atoms with Crippen molar-refractivity contribution in [2.45, 2.75) is 41.8 Å². The topological polar surface area (TPSA) is 9.23 Å². The Morgan fingerprint density at radius 1 is 0.549 bits per heavy atom. The number of rotatable bonds is 7. The maximum absolute atomic E-state index is 13.8. The average molecular weight is 808 g/mol. The van der Waals surface area contributed by atoms with Crippen LogP contribution < -0.4 is 15.3 Å². The average Bonchev–Trinajstić information content (AvgIpc) is 3.76. The molecule has 0 N–H and O–H groups in total. The Balaban J connectivity index is 0.00000107. The molecule has 2 saturated carbocycles. The van der Waals surface area contributed by atoms with Crippen LogP contribution in [0.25, 0.3) is 0 Å². The second-order valence-electron chi connectivity index (χ2n) is 10.6. The van der Waals surface area contributed by atoms with Crippen LogP contribution in [0.4, 0.5) is 52.7 Å². The third-order valence-corrected chi connectivity index (χ3v) is 10.7. The van der Waals surface area contributed by atoms with E-state index in [1.54, 1.807) is 31.2 Å². The van der Waals surface area contributed by atoms with Gasteiger partial charge in [-0.25, -0.2) is 0 Å². The summed E-state index contributed by atoms with van der Waals surface area (Å²) in [6.45, 7) is 1.64. The molecule has 0 aromatic heterocycles. The fraction of sp³-hybridized carbons (Fsp3) is 0.200. The van der Waals surface area contributed by atoms with E-state index in [9.17, 15) is 52.7 Å². The van der Waals surface area contributed by atoms with Gasteiger partial charge in [-0.2, -0.15) is 52.7 Å². The van der Waals surface area contributed by atoms with Gasteiger partial charge in [-0.1, -0.05) is 6.92 Å². The molecule has 51 heavy (non-hydrogen) atoms. The van der Waals surface area contributed by atoms with Gasteiger partial charge in [0.1, 0.15) is 5.75 Å². The van der Waals surface area contributed by atoms with Crippen LogP contribution in [0.3, 0.4) is 0 Å². The summed E-state index contributed by atoms with van der Waals surface area (Å²) >= 11 is 1.21. The summed E-state index contributed by atoms with van der Waals surface area (Å²) in [6.07, 6.45) is -7.09. The van der Waals surface area contributed by atoms with E-state index >= 15 is 0 Å². The number of halogens is 12. The first-order chi connectivity index (χ1) is 23.2. The van der Waals surface area contributed by atoms with Crippen molar-refractivity contribution in [2.75, 3.05) is 7.11 Å². The second-order valence-corrected chi connectivity index (χ2v) is 14.2. The smallest absolute Gasteiger partial charge is 0.497 e. The molecule has 2 aliphatic carbocycles. The number of thioether (sulfide) groups is 1. The number of hydrogen-bond acceptors (Lipinski definition) is 2. The molecule has 0 heterocycles. The molecule has 0 spiro atoms. The Morgan fingerprint density at radius 3 is 1.25 bits per heavy atom. The summed E-state index contributed by atoms with van der Waals surface area (Å²) in [6, 6.07) is 7.67. The van der Waals surface area contributed by atoms with Crippen molar-refractivity contribution >= 4 is 30.3 Å². The Bertz CT molecular complexity index is 1420. The summed E-state index contributed by atoms with van der Waals surface area (Å²) in [5.41, 5.74) is -7.01. The molecule has 2 aliphatic rings. The van der Waals surface area contributed by atoms with Crippen LogP contribution >= 0.6 is 19.7 Å². The van der Waals surface area contributed by atoms with Gasteiger partial charge in [-0.15, -0.1) is 11.8 Å². The molecule has 0 aliphatic heterocycles. The van der Waals surface area contributed by atoms with E-state index in [-0.39, 0.29) is 34.9 Å². The molecule has 272 valence electrons. The standard InChI is InChI=1S/C30H20F12OPS.C5H5.Fe/c1-16(45-24-8-6-21(43-2)7-9-24)25-4-3-5-26(25)44(22-12-17(27(31,32)33)10-18(13-22)28(34,35)36)23-14-19(29(37,38)39)11-20(15-23)30(40,41)42;1-2-4-5-3-1;/h3-16H,1-2H3;1-5H;/q;;+2/t16-;;/m0../s1. The minimum atomic E-state index is -5.31. The fourth-order valence-corrected chi connectivity index (χ4v) is 8.59. The monoisotopic (exact) mass is 808 g/mol. The first kappa shape index (κ1) is 43.3. The van der Waals surface area contributed by atoms with Crippen molar-refractivity contribution in [1.29, 1.82) is 0 Å². The molecule has 2 fully saturated rings. The van der Waals surface area contributed by atoms with Gasteiger partial charge < -0.3 is 4.74 Å². The van der Waals surface area contributed by atoms with Crippen LogP contribution in [-0.4, -0.2) is 12.4 Å². The van der Waals surface area contributed by atoms with Gasteiger partial charge in [0.25, 0.3) is 0 Å². The molecule has 1 atom stereocenters. The molecule has 0 saturated heterocycles. The van der Waals surface area contributed by atoms with Crippen molar-refractivity contribution in [3.05, 3.63) is 146 Å². The van der Waals surface area contributed by atoms with E-state index in [0.29, 0.717) is 40.8 Å². The van der Waals surface area contributed by atoms with Crippen molar-refractivity contribution in [3.63, 3.8) is 0 Å². The van der Waals surface area contributed by atoms with Crippen molar-refractivity contribution in [2.24, 2.45) is 0 Å². The maximum Gasteiger partial charge on any atom is 2.00 e. The van der Waals surface area contributed by atoms with Gasteiger partial charge in [0, 0.05) is 21.7 Å². The summed E-state index contributed by atoms with van der Waals surface area (Å²) in [4.78, 5) is 0.664. The number of hydrogen-bond donors (Lipinski definition) is 0. The van der Waals surface area contributed by atoms with E-state index in [4.69, 9.17) is 4.74 Å². The molecule has 3 aromatic carbocycles. The minimum absolute atomic E-state index is 0. The Labute approximate surface area is 304 Å². The van der Waals surface area contributed by atoms with Crippen LogP contribution in [0.5, 0.6) is 5.75 Å². The zero-order chi connectivity index (χ0) is 37.1. The van der Waals surface area contributed by atoms with E-state index in [0.717, 1.165) is 0 Å². The van der Waals surface area contributed by atoms with Gasteiger partial charge in [0.15, 0.2) is 0 Å². The third kappa shape index (κ3) is 11.7. The SMILES string of the molecule is COc1ccc(S[C@@H](C)[C]2[CH][CH][CH][C]2P(c2cc(C(F)(F)F)cc(C(F)(F)F)c2)c2cc(C(F)(F)F)cc(C(F)(F)F)c2)cc1.[CH]1[CH][CH][CH][CH]1.[Fe+2]. The normalized spacial score (nSPS) is 16.8. The van der Waals surface area contributed by atoms with Crippen LogP contribution in [0.15, 0.2) is 65.6 Å². The maximum atomic E-state index is 13.8. The van der Waals surface area contributed by atoms with Crippen molar-refractivity contribution in [1.82, 2.24) is 0 Å². The largest absolute Gasteiger partial charge is 2.00 e. The predicted octanol–water partition coefficient (Wildman–Crippen LogP) is 11.1. The van der Waals surface area contributed by atoms with E-state index in [2.05, 4.69) is 0 Å². The van der Waals surface area contributed by atoms with Gasteiger partial charge in [-0.3, -0.25) is 0 Å². The first-order valence-electron chi connectivity index (χ1n) is 14.3. The van der Waals surface area contributed by atoms with E-state index in [1.165, 1.54) is 38.1 Å². The molecule has 16 heteroatoms. The molecule has 5 rings (SSSR count). The molecular weight excluding hydrogens is 783 g/mol. The Hall–Kier alpha value is -2.08. The van der Waals surface area contributed by atoms with Crippen LogP contribution in [0, 0.1) is 62.9 Å². The van der Waals surface area contributed by atoms with Gasteiger partial charge in [0.05, 0.1) is 29.4 Å². The summed E-state index contributed by atoms with van der Waals surface area (Å²) in [5.74, 6) is 0.832. The molecule has 3 aromatic rings. The molecule has 10 radical (unpaired) electrons. The van der Waals surface area contributed by atoms with Crippen LogP contribution in [-0.2, 0) is 41.8 Å². The van der Waals surface area contributed by atoms with E-state index < -0.39 is 70.7 Å². The van der Waals surface area contributed by atoms with Gasteiger partial charge in [-0.05, 0) is 131 Å². The second kappa shape index (κ2) is 17.4. The molecule has 1 nitrogen and oxygen atoms in total. The van der Waals surface area contributed by atoms with Gasteiger partial charge >= 0.3 is 41.8 Å². The van der Waals surface area contributed by atoms with Crippen molar-refractivity contribution in [3.8, 4) is 5.75 Å². The van der Waals surface area contributed by atoms with Crippen LogP contribution in [0.1, 0.15) is 29.2 Å². The molecular formula is C35H25F12FeOPS+2. The molecule has 0 bridgehead atoms. The fourth-order valence-electron chi connectivity index (χ4n) is 4.78.